The Bertz CT molecular complexity index is 412. The van der Waals surface area contributed by atoms with E-state index in [4.69, 9.17) is 4.18 Å². The third-order valence-electron chi connectivity index (χ3n) is 2.71. The molecule has 0 aromatic heterocycles. The minimum absolute atomic E-state index is 0.105. The van der Waals surface area contributed by atoms with Gasteiger partial charge in [-0.25, -0.2) is 0 Å². The Labute approximate surface area is 110 Å². The van der Waals surface area contributed by atoms with Gasteiger partial charge in [0, 0.05) is 0 Å². The molecule has 18 heavy (non-hydrogen) atoms. The molecule has 0 saturated carbocycles. The maximum absolute atomic E-state index is 11.7. The van der Waals surface area contributed by atoms with Crippen molar-refractivity contribution in [2.75, 3.05) is 5.75 Å². The molecule has 0 amide bonds. The van der Waals surface area contributed by atoms with Crippen LogP contribution in [0.25, 0.3) is 0 Å². The second-order valence-corrected chi connectivity index (χ2v) is 6.12. The summed E-state index contributed by atoms with van der Waals surface area (Å²) >= 11 is 0. The monoisotopic (exact) mass is 270 g/mol. The molecule has 0 fully saturated rings. The zero-order valence-electron chi connectivity index (χ0n) is 11.0. The van der Waals surface area contributed by atoms with Crippen molar-refractivity contribution < 1.29 is 12.6 Å². The van der Waals surface area contributed by atoms with Crippen LogP contribution in [-0.4, -0.2) is 14.2 Å². The first-order valence-corrected chi connectivity index (χ1v) is 8.19. The predicted molar refractivity (Wildman–Crippen MR) is 74.2 cm³/mol. The highest BCUT2D eigenvalue weighted by Crippen LogP contribution is 2.13. The minimum Gasteiger partial charge on any atom is -0.382 e. The van der Waals surface area contributed by atoms with Crippen molar-refractivity contribution >= 4 is 10.1 Å². The molecule has 0 saturated heterocycles. The van der Waals surface area contributed by atoms with Crippen LogP contribution >= 0.6 is 0 Å². The van der Waals surface area contributed by atoms with Crippen LogP contribution in [0.2, 0.25) is 0 Å². The molecule has 0 heterocycles. The van der Waals surface area contributed by atoms with Crippen LogP contribution in [0.15, 0.2) is 30.3 Å². The van der Waals surface area contributed by atoms with Crippen molar-refractivity contribution in [1.82, 2.24) is 0 Å². The van der Waals surface area contributed by atoms with Crippen molar-refractivity contribution in [3.63, 3.8) is 0 Å². The Morgan fingerprint density at radius 1 is 0.944 bits per heavy atom. The van der Waals surface area contributed by atoms with Gasteiger partial charge in [0.05, 0.1) is 5.75 Å². The van der Waals surface area contributed by atoms with Gasteiger partial charge in [-0.3, -0.25) is 0 Å². The second kappa shape index (κ2) is 8.14. The van der Waals surface area contributed by atoms with E-state index >= 15 is 0 Å². The molecule has 0 aliphatic carbocycles. The maximum atomic E-state index is 11.7. The van der Waals surface area contributed by atoms with Crippen molar-refractivity contribution in [3.8, 4) is 5.75 Å². The molecule has 0 bridgehead atoms. The summed E-state index contributed by atoms with van der Waals surface area (Å²) in [6.45, 7) is 2.16. The molecular weight excluding hydrogens is 248 g/mol. The standard InChI is InChI=1S/C14H22O3S/c1-2-3-4-5-6-10-13-18(15,16)17-14-11-8-7-9-12-14/h7-9,11-12H,2-6,10,13H2,1H3. The summed E-state index contributed by atoms with van der Waals surface area (Å²) in [4.78, 5) is 0. The lowest BCUT2D eigenvalue weighted by molar-refractivity contribution is 0.482. The van der Waals surface area contributed by atoms with Gasteiger partial charge in [0.2, 0.25) is 0 Å². The van der Waals surface area contributed by atoms with E-state index in [1.54, 1.807) is 24.3 Å². The average Bonchev–Trinajstić information content (AvgIpc) is 2.34. The molecule has 102 valence electrons. The van der Waals surface area contributed by atoms with E-state index in [0.29, 0.717) is 12.2 Å². The molecule has 1 aromatic rings. The number of unbranched alkanes of at least 4 members (excludes halogenated alkanes) is 5. The third-order valence-corrected chi connectivity index (χ3v) is 3.95. The Balaban J connectivity index is 2.24. The number of benzene rings is 1. The molecule has 0 aliphatic heterocycles. The highest BCUT2D eigenvalue weighted by molar-refractivity contribution is 7.87. The van der Waals surface area contributed by atoms with E-state index in [1.165, 1.54) is 19.3 Å². The Hall–Kier alpha value is -1.03. The van der Waals surface area contributed by atoms with Crippen LogP contribution in [-0.2, 0) is 10.1 Å². The summed E-state index contributed by atoms with van der Waals surface area (Å²) in [5.41, 5.74) is 0. The van der Waals surface area contributed by atoms with Gasteiger partial charge in [-0.2, -0.15) is 8.42 Å². The quantitative estimate of drug-likeness (QED) is 0.507. The van der Waals surface area contributed by atoms with Gasteiger partial charge < -0.3 is 4.18 Å². The zero-order valence-corrected chi connectivity index (χ0v) is 11.8. The van der Waals surface area contributed by atoms with Crippen LogP contribution in [0, 0.1) is 0 Å². The van der Waals surface area contributed by atoms with Crippen LogP contribution in [0.4, 0.5) is 0 Å². The van der Waals surface area contributed by atoms with Crippen LogP contribution in [0.5, 0.6) is 5.75 Å². The zero-order chi connectivity index (χ0) is 13.3. The fourth-order valence-electron chi connectivity index (χ4n) is 1.72. The van der Waals surface area contributed by atoms with E-state index in [9.17, 15) is 8.42 Å². The van der Waals surface area contributed by atoms with Gasteiger partial charge in [0.1, 0.15) is 5.75 Å². The van der Waals surface area contributed by atoms with E-state index in [1.807, 2.05) is 6.07 Å². The van der Waals surface area contributed by atoms with Crippen LogP contribution in [0.3, 0.4) is 0 Å². The lowest BCUT2D eigenvalue weighted by Gasteiger charge is -2.06. The van der Waals surface area contributed by atoms with Gasteiger partial charge in [0.25, 0.3) is 0 Å². The van der Waals surface area contributed by atoms with Crippen molar-refractivity contribution in [2.24, 2.45) is 0 Å². The fraction of sp³-hybridized carbons (Fsp3) is 0.571. The summed E-state index contributed by atoms with van der Waals surface area (Å²) in [5, 5.41) is 0. The Morgan fingerprint density at radius 3 is 2.22 bits per heavy atom. The van der Waals surface area contributed by atoms with Gasteiger partial charge in [0.15, 0.2) is 0 Å². The van der Waals surface area contributed by atoms with Crippen LogP contribution in [0.1, 0.15) is 45.4 Å². The number of hydrogen-bond acceptors (Lipinski definition) is 3. The lowest BCUT2D eigenvalue weighted by Crippen LogP contribution is -2.13. The van der Waals surface area contributed by atoms with E-state index in [0.717, 1.165) is 12.8 Å². The SMILES string of the molecule is CCCCCCCCS(=O)(=O)Oc1ccccc1. The third kappa shape index (κ3) is 6.64. The van der Waals surface area contributed by atoms with Gasteiger partial charge in [-0.1, -0.05) is 57.2 Å². The minimum atomic E-state index is -3.43. The predicted octanol–water partition coefficient (Wildman–Crippen LogP) is 3.76. The summed E-state index contributed by atoms with van der Waals surface area (Å²) in [6, 6.07) is 8.65. The molecular formula is C14H22O3S. The second-order valence-electron chi connectivity index (χ2n) is 4.43. The molecule has 4 heteroatoms. The van der Waals surface area contributed by atoms with Crippen molar-refractivity contribution in [1.29, 1.82) is 0 Å². The van der Waals surface area contributed by atoms with Gasteiger partial charge in [-0.15, -0.1) is 0 Å². The Morgan fingerprint density at radius 2 is 1.56 bits per heavy atom. The van der Waals surface area contributed by atoms with Crippen LogP contribution < -0.4 is 4.18 Å². The van der Waals surface area contributed by atoms with E-state index < -0.39 is 10.1 Å². The normalized spacial score (nSPS) is 11.4. The topological polar surface area (TPSA) is 43.4 Å². The first kappa shape index (κ1) is 15.0. The molecule has 0 radical (unpaired) electrons. The lowest BCUT2D eigenvalue weighted by atomic mass is 10.1. The van der Waals surface area contributed by atoms with Crippen molar-refractivity contribution in [2.45, 2.75) is 45.4 Å². The fourth-order valence-corrected chi connectivity index (χ4v) is 2.77. The highest BCUT2D eigenvalue weighted by Gasteiger charge is 2.11. The Kier molecular flexibility index (Phi) is 6.80. The van der Waals surface area contributed by atoms with Crippen molar-refractivity contribution in [3.05, 3.63) is 30.3 Å². The first-order chi connectivity index (χ1) is 8.64. The smallest absolute Gasteiger partial charge is 0.309 e. The van der Waals surface area contributed by atoms with Gasteiger partial charge in [-0.05, 0) is 18.6 Å². The summed E-state index contributed by atoms with van der Waals surface area (Å²) in [6.07, 6.45) is 6.36. The molecule has 0 N–H and O–H groups in total. The number of hydrogen-bond donors (Lipinski definition) is 0. The largest absolute Gasteiger partial charge is 0.382 e. The average molecular weight is 270 g/mol. The summed E-state index contributed by atoms with van der Waals surface area (Å²) < 4.78 is 28.3. The molecule has 1 rings (SSSR count). The molecule has 0 atom stereocenters. The van der Waals surface area contributed by atoms with Gasteiger partial charge >= 0.3 is 10.1 Å². The number of rotatable bonds is 9. The summed E-state index contributed by atoms with van der Waals surface area (Å²) in [7, 11) is -3.43. The highest BCUT2D eigenvalue weighted by atomic mass is 32.2. The molecule has 1 aromatic carbocycles. The number of para-hydroxylation sites is 1. The molecule has 0 unspecified atom stereocenters. The summed E-state index contributed by atoms with van der Waals surface area (Å²) in [5.74, 6) is 0.497. The maximum Gasteiger partial charge on any atom is 0.309 e. The molecule has 0 aliphatic rings. The first-order valence-electron chi connectivity index (χ1n) is 6.61. The molecule has 3 nitrogen and oxygen atoms in total. The van der Waals surface area contributed by atoms with E-state index in [-0.39, 0.29) is 5.75 Å². The van der Waals surface area contributed by atoms with E-state index in [2.05, 4.69) is 6.92 Å². The molecule has 0 spiro atoms.